The van der Waals surface area contributed by atoms with Gasteiger partial charge in [-0.1, -0.05) is 47.6 Å². The van der Waals surface area contributed by atoms with Crippen molar-refractivity contribution in [3.63, 3.8) is 0 Å². The zero-order chi connectivity index (χ0) is 37.6. The Morgan fingerprint density at radius 3 is 2.26 bits per heavy atom. The predicted molar refractivity (Wildman–Crippen MR) is 182 cm³/mol. The fourth-order valence-electron chi connectivity index (χ4n) is 5.60. The summed E-state index contributed by atoms with van der Waals surface area (Å²) in [4.78, 5) is 55.1. The number of ether oxygens (including phenoxy) is 2. The van der Waals surface area contributed by atoms with Gasteiger partial charge in [-0.05, 0) is 47.8 Å². The Morgan fingerprint density at radius 1 is 1.00 bits per heavy atom. The number of benzene rings is 1. The molecule has 2 aliphatic heterocycles. The lowest BCUT2D eigenvalue weighted by molar-refractivity contribution is -0.142. The molecular weight excluding hydrogens is 678 g/mol. The number of hydrogen-bond acceptors (Lipinski definition) is 8. The third kappa shape index (κ3) is 11.4. The van der Waals surface area contributed by atoms with Gasteiger partial charge in [-0.3, -0.25) is 14.4 Å². The van der Waals surface area contributed by atoms with Gasteiger partial charge in [0.05, 0.1) is 6.26 Å². The van der Waals surface area contributed by atoms with E-state index in [1.165, 1.54) is 11.9 Å². The number of rotatable bonds is 14. The molecule has 0 bridgehead atoms. The summed E-state index contributed by atoms with van der Waals surface area (Å²) in [6.45, 7) is 11.1. The maximum Gasteiger partial charge on any atom is 0.315 e. The number of likely N-dealkylation sites (tertiary alicyclic amines) is 1. The van der Waals surface area contributed by atoms with Crippen LogP contribution >= 0.6 is 0 Å². The van der Waals surface area contributed by atoms with Crippen LogP contribution in [0, 0.1) is 10.8 Å². The van der Waals surface area contributed by atoms with Gasteiger partial charge in [0.2, 0.25) is 41.0 Å². The Hall–Kier alpha value is -3.73. The summed E-state index contributed by atoms with van der Waals surface area (Å²) < 4.78 is 63.0. The molecule has 1 aromatic carbocycles. The summed E-state index contributed by atoms with van der Waals surface area (Å²) in [5, 5.41) is 10.6. The third-order valence-electron chi connectivity index (χ3n) is 8.78. The minimum atomic E-state index is -3.53. The van der Waals surface area contributed by atoms with Crippen molar-refractivity contribution in [1.82, 2.24) is 30.5 Å². The number of urea groups is 1. The average molecular weight is 731 g/mol. The first-order chi connectivity index (χ1) is 23.1. The third-order valence-corrected chi connectivity index (χ3v) is 10.1. The first kappa shape index (κ1) is 40.7. The maximum atomic E-state index is 14.0. The van der Waals surface area contributed by atoms with Gasteiger partial charge >= 0.3 is 6.03 Å². The van der Waals surface area contributed by atoms with Gasteiger partial charge in [-0.2, -0.15) is 0 Å². The fraction of sp³-hybridized carbons (Fsp3) is 0.697. The van der Waals surface area contributed by atoms with E-state index < -0.39 is 81.6 Å². The molecule has 4 atom stereocenters. The van der Waals surface area contributed by atoms with Crippen LogP contribution in [-0.4, -0.2) is 112 Å². The number of hydrogen-bond donors (Lipinski definition) is 4. The van der Waals surface area contributed by atoms with Crippen molar-refractivity contribution in [3.8, 4) is 11.5 Å². The van der Waals surface area contributed by atoms with Crippen LogP contribution in [0.25, 0.3) is 0 Å². The van der Waals surface area contributed by atoms with Gasteiger partial charge in [0.1, 0.15) is 18.1 Å². The van der Waals surface area contributed by atoms with E-state index in [1.807, 2.05) is 20.8 Å². The van der Waals surface area contributed by atoms with Gasteiger partial charge < -0.3 is 35.6 Å². The van der Waals surface area contributed by atoms with E-state index in [2.05, 4.69) is 21.3 Å². The number of carbonyl (C=O) groups excluding carboxylic acids is 4. The van der Waals surface area contributed by atoms with E-state index in [9.17, 15) is 36.4 Å². The molecule has 50 heavy (non-hydrogen) atoms. The Bertz CT molecular complexity index is 1500. The molecule has 0 aromatic heterocycles. The summed E-state index contributed by atoms with van der Waals surface area (Å²) in [6.07, 6.45) is -1.69. The molecule has 1 aromatic rings. The summed E-state index contributed by atoms with van der Waals surface area (Å²) in [6, 6.07) is 0.274. The predicted octanol–water partition coefficient (Wildman–Crippen LogP) is 2.23. The van der Waals surface area contributed by atoms with Crippen molar-refractivity contribution < 1.29 is 45.9 Å². The van der Waals surface area contributed by atoms with Crippen LogP contribution in [0.4, 0.5) is 13.6 Å². The van der Waals surface area contributed by atoms with E-state index in [4.69, 9.17) is 9.47 Å². The molecule has 0 saturated carbocycles. The highest BCUT2D eigenvalue weighted by Gasteiger charge is 2.43. The minimum Gasteiger partial charge on any atom is -0.454 e. The van der Waals surface area contributed by atoms with E-state index in [1.54, 1.807) is 39.0 Å². The van der Waals surface area contributed by atoms with Gasteiger partial charge in [0.15, 0.2) is 11.5 Å². The van der Waals surface area contributed by atoms with Crippen LogP contribution in [-0.2, 0) is 30.8 Å². The zero-order valence-electron chi connectivity index (χ0n) is 30.1. The second-order valence-corrected chi connectivity index (χ2v) is 17.1. The number of sulfonamides is 1. The van der Waals surface area contributed by atoms with Crippen LogP contribution in [0.1, 0.15) is 66.4 Å². The molecule has 0 unspecified atom stereocenters. The maximum absolute atomic E-state index is 14.0. The lowest BCUT2D eigenvalue weighted by Gasteiger charge is -2.37. The largest absolute Gasteiger partial charge is 0.454 e. The molecule has 282 valence electrons. The molecule has 0 spiro atoms. The molecule has 0 radical (unpaired) electrons. The molecule has 3 rings (SSSR count). The van der Waals surface area contributed by atoms with Gasteiger partial charge in [-0.15, -0.1) is 0 Å². The molecule has 4 N–H and O–H groups in total. The van der Waals surface area contributed by atoms with Crippen molar-refractivity contribution in [2.24, 2.45) is 10.8 Å². The first-order valence-corrected chi connectivity index (χ1v) is 18.5. The number of likely N-dealkylation sites (N-methyl/N-ethyl adjacent to an activating group) is 1. The SMILES string of the molecule is CN(C[C@@H](NC(=O)N[C@H](C(=O)N1CCC[C@H]1C(=O)N[C@@H](CC(F)F)C(=O)NCCc1ccc2c(c1)OCO2)C(C)(C)C)C(C)(C)C)S(C)(=O)=O. The highest BCUT2D eigenvalue weighted by molar-refractivity contribution is 7.88. The second kappa shape index (κ2) is 16.5. The quantitative estimate of drug-likeness (QED) is 0.226. The molecule has 5 amide bonds. The smallest absolute Gasteiger partial charge is 0.315 e. The molecule has 1 fully saturated rings. The molecule has 1 saturated heterocycles. The van der Waals surface area contributed by atoms with Crippen LogP contribution < -0.4 is 30.7 Å². The van der Waals surface area contributed by atoms with E-state index in [0.717, 1.165) is 16.1 Å². The van der Waals surface area contributed by atoms with Gasteiger partial charge in [0, 0.05) is 39.1 Å². The van der Waals surface area contributed by atoms with Crippen molar-refractivity contribution >= 4 is 33.8 Å². The van der Waals surface area contributed by atoms with Crippen molar-refractivity contribution in [2.75, 3.05) is 39.7 Å². The lowest BCUT2D eigenvalue weighted by atomic mass is 9.85. The van der Waals surface area contributed by atoms with Crippen molar-refractivity contribution in [1.29, 1.82) is 0 Å². The number of amides is 5. The molecule has 14 nitrogen and oxygen atoms in total. The summed E-state index contributed by atoms with van der Waals surface area (Å²) in [5.41, 5.74) is -0.549. The highest BCUT2D eigenvalue weighted by Crippen LogP contribution is 2.32. The number of fused-ring (bicyclic) bond motifs is 1. The number of halogens is 2. The molecule has 2 aliphatic rings. The van der Waals surface area contributed by atoms with E-state index in [0.29, 0.717) is 24.3 Å². The van der Waals surface area contributed by atoms with Crippen LogP contribution in [0.5, 0.6) is 11.5 Å². The van der Waals surface area contributed by atoms with E-state index >= 15 is 0 Å². The molecule has 17 heteroatoms. The summed E-state index contributed by atoms with van der Waals surface area (Å²) in [7, 11) is -2.12. The lowest BCUT2D eigenvalue weighted by Crippen LogP contribution is -2.62. The van der Waals surface area contributed by atoms with Crippen LogP contribution in [0.2, 0.25) is 0 Å². The Kier molecular flexibility index (Phi) is 13.5. The fourth-order valence-corrected chi connectivity index (χ4v) is 6.02. The number of nitrogens with zero attached hydrogens (tertiary/aromatic N) is 2. The van der Waals surface area contributed by atoms with Crippen LogP contribution in [0.3, 0.4) is 0 Å². The summed E-state index contributed by atoms with van der Waals surface area (Å²) >= 11 is 0. The topological polar surface area (TPSA) is 175 Å². The average Bonchev–Trinajstić information content (AvgIpc) is 3.67. The Morgan fingerprint density at radius 2 is 1.66 bits per heavy atom. The monoisotopic (exact) mass is 730 g/mol. The van der Waals surface area contributed by atoms with Crippen molar-refractivity contribution in [2.45, 2.75) is 97.8 Å². The normalized spacial score (nSPS) is 18.1. The number of alkyl halides is 2. The molecular formula is C33H52F2N6O8S. The summed E-state index contributed by atoms with van der Waals surface area (Å²) in [5.74, 6) is -0.904. The van der Waals surface area contributed by atoms with Crippen molar-refractivity contribution in [3.05, 3.63) is 23.8 Å². The second-order valence-electron chi connectivity index (χ2n) is 15.0. The number of carbonyl (C=O) groups is 4. The van der Waals surface area contributed by atoms with E-state index in [-0.39, 0.29) is 32.8 Å². The first-order valence-electron chi connectivity index (χ1n) is 16.6. The van der Waals surface area contributed by atoms with Crippen LogP contribution in [0.15, 0.2) is 18.2 Å². The Labute approximate surface area is 293 Å². The Balaban J connectivity index is 1.67. The zero-order valence-corrected chi connectivity index (χ0v) is 30.9. The number of nitrogens with one attached hydrogen (secondary N) is 4. The highest BCUT2D eigenvalue weighted by atomic mass is 32.2. The standard InChI is InChI=1S/C33H52F2N6O8S/c1-32(2,3)25(18-40(7)50(8,46)47)38-31(45)39-27(33(4,5)6)30(44)41-15-9-10-22(41)29(43)37-21(17-26(34)35)28(42)36-14-13-20-11-12-23-24(16-20)49-19-48-23/h11-12,16,21-22,25-27H,9-10,13-15,17-19H2,1-8H3,(H,36,42)(H,37,43)(H2,38,39,45)/t21-,22-,25+,27+/m0/s1. The van der Waals surface area contributed by atoms with Gasteiger partial charge in [-0.25, -0.2) is 26.3 Å². The minimum absolute atomic E-state index is 0.00989. The molecule has 0 aliphatic carbocycles. The molecule has 2 heterocycles. The van der Waals surface area contributed by atoms with Gasteiger partial charge in [0.25, 0.3) is 0 Å².